The van der Waals surface area contributed by atoms with Crippen molar-refractivity contribution in [3.63, 3.8) is 0 Å². The van der Waals surface area contributed by atoms with Gasteiger partial charge in [0.15, 0.2) is 0 Å². The van der Waals surface area contributed by atoms with Crippen LogP contribution in [0, 0.1) is 11.8 Å². The average Bonchev–Trinajstić information content (AvgIpc) is 2.37. The summed E-state index contributed by atoms with van der Waals surface area (Å²) in [6.45, 7) is 2.11. The summed E-state index contributed by atoms with van der Waals surface area (Å²) in [4.78, 5) is 23.1. The summed E-state index contributed by atoms with van der Waals surface area (Å²) >= 11 is 0. The maximum atomic E-state index is 11.9. The van der Waals surface area contributed by atoms with Crippen LogP contribution in [0.2, 0.25) is 0 Å². The van der Waals surface area contributed by atoms with Crippen molar-refractivity contribution in [2.75, 3.05) is 6.61 Å². The highest BCUT2D eigenvalue weighted by atomic mass is 16.5. The third-order valence-electron chi connectivity index (χ3n) is 4.15. The van der Waals surface area contributed by atoms with E-state index < -0.39 is 18.1 Å². The molecule has 2 fully saturated rings. The van der Waals surface area contributed by atoms with Crippen molar-refractivity contribution in [3.8, 4) is 0 Å². The first-order valence-electron chi connectivity index (χ1n) is 6.79. The zero-order chi connectivity index (χ0) is 13.1. The molecule has 18 heavy (non-hydrogen) atoms. The summed E-state index contributed by atoms with van der Waals surface area (Å²) in [5.74, 6) is -0.572. The molecule has 1 saturated carbocycles. The van der Waals surface area contributed by atoms with Gasteiger partial charge in [0.1, 0.15) is 12.1 Å². The van der Waals surface area contributed by atoms with Gasteiger partial charge >= 0.3 is 11.9 Å². The van der Waals surface area contributed by atoms with Crippen LogP contribution in [-0.2, 0) is 14.3 Å². The van der Waals surface area contributed by atoms with E-state index >= 15 is 0 Å². The van der Waals surface area contributed by atoms with Crippen molar-refractivity contribution in [2.45, 2.75) is 51.1 Å². The summed E-state index contributed by atoms with van der Waals surface area (Å²) < 4.78 is 5.06. The van der Waals surface area contributed by atoms with Crippen molar-refractivity contribution >= 4 is 11.9 Å². The SMILES string of the molecule is CCOC(=O)C1NC(C(=O)O)CC2CCCCC21. The molecule has 4 unspecified atom stereocenters. The molecule has 2 rings (SSSR count). The molecule has 0 aromatic heterocycles. The summed E-state index contributed by atoms with van der Waals surface area (Å²) in [5.41, 5.74) is 0. The standard InChI is InChI=1S/C13H21NO4/c1-2-18-13(17)11-9-6-4-3-5-8(9)7-10(14-11)12(15)16/h8-11,14H,2-7H2,1H3,(H,15,16). The van der Waals surface area contributed by atoms with Gasteiger partial charge in [-0.1, -0.05) is 19.3 Å². The van der Waals surface area contributed by atoms with E-state index in [1.165, 1.54) is 0 Å². The second kappa shape index (κ2) is 5.69. The Bertz CT molecular complexity index is 331. The molecule has 0 aromatic carbocycles. The number of nitrogens with one attached hydrogen (secondary N) is 1. The van der Waals surface area contributed by atoms with Gasteiger partial charge < -0.3 is 9.84 Å². The maximum Gasteiger partial charge on any atom is 0.323 e. The molecule has 102 valence electrons. The van der Waals surface area contributed by atoms with Crippen molar-refractivity contribution in [3.05, 3.63) is 0 Å². The summed E-state index contributed by atoms with van der Waals surface area (Å²) in [6, 6.07) is -1.05. The van der Waals surface area contributed by atoms with Crippen molar-refractivity contribution in [1.82, 2.24) is 5.32 Å². The van der Waals surface area contributed by atoms with Gasteiger partial charge in [-0.15, -0.1) is 0 Å². The normalized spacial score (nSPS) is 35.6. The average molecular weight is 255 g/mol. The molecule has 0 amide bonds. The Balaban J connectivity index is 2.12. The van der Waals surface area contributed by atoms with Crippen molar-refractivity contribution in [2.24, 2.45) is 11.8 Å². The van der Waals surface area contributed by atoms with Crippen LogP contribution in [0.15, 0.2) is 0 Å². The number of rotatable bonds is 3. The molecule has 1 aliphatic carbocycles. The predicted molar refractivity (Wildman–Crippen MR) is 65.0 cm³/mol. The van der Waals surface area contributed by atoms with Crippen LogP contribution in [0.3, 0.4) is 0 Å². The minimum Gasteiger partial charge on any atom is -0.480 e. The topological polar surface area (TPSA) is 75.6 Å². The molecule has 4 atom stereocenters. The molecule has 0 bridgehead atoms. The molecule has 2 aliphatic rings. The van der Waals surface area contributed by atoms with E-state index in [-0.39, 0.29) is 11.9 Å². The minimum atomic E-state index is -0.867. The van der Waals surface area contributed by atoms with E-state index in [2.05, 4.69) is 5.32 Å². The molecule has 5 heteroatoms. The largest absolute Gasteiger partial charge is 0.480 e. The monoisotopic (exact) mass is 255 g/mol. The smallest absolute Gasteiger partial charge is 0.323 e. The van der Waals surface area contributed by atoms with E-state index in [9.17, 15) is 9.59 Å². The number of carbonyl (C=O) groups is 2. The molecule has 0 aromatic rings. The highest BCUT2D eigenvalue weighted by Crippen LogP contribution is 2.38. The fourth-order valence-corrected chi connectivity index (χ4v) is 3.33. The number of carboxylic acid groups (broad SMARTS) is 1. The highest BCUT2D eigenvalue weighted by Gasteiger charge is 2.44. The van der Waals surface area contributed by atoms with Gasteiger partial charge in [-0.2, -0.15) is 0 Å². The second-order valence-corrected chi connectivity index (χ2v) is 5.23. The van der Waals surface area contributed by atoms with Crippen molar-refractivity contribution < 1.29 is 19.4 Å². The number of carbonyl (C=O) groups excluding carboxylic acids is 1. The second-order valence-electron chi connectivity index (χ2n) is 5.23. The van der Waals surface area contributed by atoms with Crippen LogP contribution in [0.25, 0.3) is 0 Å². The number of esters is 1. The summed E-state index contributed by atoms with van der Waals surface area (Å²) in [5, 5.41) is 12.1. The van der Waals surface area contributed by atoms with Crippen LogP contribution in [0.4, 0.5) is 0 Å². The number of ether oxygens (including phenoxy) is 1. The lowest BCUT2D eigenvalue weighted by molar-refractivity contribution is -0.152. The number of carboxylic acids is 1. The Morgan fingerprint density at radius 1 is 1.33 bits per heavy atom. The van der Waals surface area contributed by atoms with Gasteiger partial charge in [0, 0.05) is 0 Å². The zero-order valence-electron chi connectivity index (χ0n) is 10.7. The van der Waals surface area contributed by atoms with Crippen LogP contribution in [0.1, 0.15) is 39.0 Å². The first-order chi connectivity index (χ1) is 8.63. The number of piperidine rings is 1. The third-order valence-corrected chi connectivity index (χ3v) is 4.15. The molecular formula is C13H21NO4. The first-order valence-corrected chi connectivity index (χ1v) is 6.79. The van der Waals surface area contributed by atoms with Gasteiger partial charge in [-0.25, -0.2) is 0 Å². The van der Waals surface area contributed by atoms with E-state index in [1.807, 2.05) is 0 Å². The molecule has 1 aliphatic heterocycles. The van der Waals surface area contributed by atoms with E-state index in [1.54, 1.807) is 6.92 Å². The Labute approximate surface area is 107 Å². The molecule has 0 spiro atoms. The van der Waals surface area contributed by atoms with Crippen LogP contribution in [-0.4, -0.2) is 35.7 Å². The molecule has 1 heterocycles. The van der Waals surface area contributed by atoms with Gasteiger partial charge in [0.2, 0.25) is 0 Å². The fraction of sp³-hybridized carbons (Fsp3) is 0.846. The Morgan fingerprint density at radius 3 is 2.72 bits per heavy atom. The lowest BCUT2D eigenvalue weighted by atomic mass is 9.70. The fourth-order valence-electron chi connectivity index (χ4n) is 3.33. The molecule has 5 nitrogen and oxygen atoms in total. The maximum absolute atomic E-state index is 11.9. The van der Waals surface area contributed by atoms with Gasteiger partial charge in [-0.3, -0.25) is 14.9 Å². The van der Waals surface area contributed by atoms with E-state index in [0.717, 1.165) is 25.7 Å². The van der Waals surface area contributed by atoms with Crippen LogP contribution < -0.4 is 5.32 Å². The third kappa shape index (κ3) is 2.66. The van der Waals surface area contributed by atoms with Gasteiger partial charge in [-0.05, 0) is 31.6 Å². The summed E-state index contributed by atoms with van der Waals surface area (Å²) in [7, 11) is 0. The van der Waals surface area contributed by atoms with Gasteiger partial charge in [0.05, 0.1) is 6.61 Å². The highest BCUT2D eigenvalue weighted by molar-refractivity contribution is 5.79. The molecule has 2 N–H and O–H groups in total. The lowest BCUT2D eigenvalue weighted by Gasteiger charge is -2.43. The number of fused-ring (bicyclic) bond motifs is 1. The van der Waals surface area contributed by atoms with Crippen molar-refractivity contribution in [1.29, 1.82) is 0 Å². The van der Waals surface area contributed by atoms with E-state index in [0.29, 0.717) is 18.9 Å². The molecule has 0 radical (unpaired) electrons. The van der Waals surface area contributed by atoms with E-state index in [4.69, 9.17) is 9.84 Å². The summed E-state index contributed by atoms with van der Waals surface area (Å²) in [6.07, 6.45) is 4.93. The minimum absolute atomic E-state index is 0.244. The lowest BCUT2D eigenvalue weighted by Crippen LogP contribution is -2.58. The van der Waals surface area contributed by atoms with Crippen LogP contribution in [0.5, 0.6) is 0 Å². The number of aliphatic carboxylic acids is 1. The number of hydrogen-bond donors (Lipinski definition) is 2. The zero-order valence-corrected chi connectivity index (χ0v) is 10.7. The number of hydrogen-bond acceptors (Lipinski definition) is 4. The first kappa shape index (κ1) is 13.3. The Kier molecular flexibility index (Phi) is 4.22. The Hall–Kier alpha value is -1.10. The molecule has 1 saturated heterocycles. The van der Waals surface area contributed by atoms with Gasteiger partial charge in [0.25, 0.3) is 0 Å². The predicted octanol–water partition coefficient (Wildman–Crippen LogP) is 1.17. The molecular weight excluding hydrogens is 234 g/mol. The van der Waals surface area contributed by atoms with Crippen LogP contribution >= 0.6 is 0 Å². The quantitative estimate of drug-likeness (QED) is 0.740. The Morgan fingerprint density at radius 2 is 2.06 bits per heavy atom.